The minimum atomic E-state index is -0.300. The molecule has 16 heavy (non-hydrogen) atoms. The molecule has 4 heteroatoms. The number of ether oxygens (including phenoxy) is 1. The number of halogens is 1. The van der Waals surface area contributed by atoms with Gasteiger partial charge in [0, 0.05) is 5.02 Å². The van der Waals surface area contributed by atoms with Crippen LogP contribution in [-0.2, 0) is 4.79 Å². The van der Waals surface area contributed by atoms with E-state index >= 15 is 0 Å². The molecule has 1 saturated carbocycles. The fourth-order valence-electron chi connectivity index (χ4n) is 2.24. The first kappa shape index (κ1) is 9.97. The molecule has 0 saturated heterocycles. The van der Waals surface area contributed by atoms with Crippen LogP contribution in [0, 0.1) is 5.41 Å². The quantitative estimate of drug-likeness (QED) is 0.754. The van der Waals surface area contributed by atoms with Gasteiger partial charge in [-0.2, -0.15) is 0 Å². The predicted molar refractivity (Wildman–Crippen MR) is 61.9 cm³/mol. The van der Waals surface area contributed by atoms with E-state index in [1.165, 1.54) is 0 Å². The molecule has 0 radical (unpaired) electrons. The van der Waals surface area contributed by atoms with Gasteiger partial charge in [0.05, 0.1) is 11.1 Å². The summed E-state index contributed by atoms with van der Waals surface area (Å²) in [5.74, 6) is 0.779. The number of nitrogens with one attached hydrogen (secondary N) is 1. The number of fused-ring (bicyclic) bond motifs is 1. The summed E-state index contributed by atoms with van der Waals surface area (Å²) in [6.45, 7) is 0.480. The Hall–Kier alpha value is -1.22. The molecule has 1 aliphatic carbocycles. The summed E-state index contributed by atoms with van der Waals surface area (Å²) in [5.41, 5.74) is 0.382. The maximum Gasteiger partial charge on any atom is 0.234 e. The third-order valence-electron chi connectivity index (χ3n) is 3.49. The largest absolute Gasteiger partial charge is 0.490 e. The first-order valence-electron chi connectivity index (χ1n) is 5.43. The van der Waals surface area contributed by atoms with Gasteiger partial charge in [0.15, 0.2) is 0 Å². The van der Waals surface area contributed by atoms with Crippen LogP contribution in [0.1, 0.15) is 19.3 Å². The Balaban J connectivity index is 1.97. The third kappa shape index (κ3) is 1.39. The van der Waals surface area contributed by atoms with Crippen molar-refractivity contribution in [2.75, 3.05) is 11.9 Å². The molecule has 2 aliphatic rings. The Labute approximate surface area is 98.7 Å². The molecule has 0 atom stereocenters. The van der Waals surface area contributed by atoms with E-state index < -0.39 is 0 Å². The van der Waals surface area contributed by atoms with Gasteiger partial charge in [-0.3, -0.25) is 4.79 Å². The molecule has 1 aliphatic heterocycles. The van der Waals surface area contributed by atoms with Gasteiger partial charge < -0.3 is 10.1 Å². The van der Waals surface area contributed by atoms with Gasteiger partial charge in [-0.25, -0.2) is 0 Å². The maximum atomic E-state index is 12.1. The van der Waals surface area contributed by atoms with Crippen LogP contribution < -0.4 is 10.1 Å². The lowest BCUT2D eigenvalue weighted by Gasteiger charge is -2.37. The predicted octanol–water partition coefficient (Wildman–Crippen LogP) is 2.84. The number of anilines is 1. The van der Waals surface area contributed by atoms with Crippen molar-refractivity contribution in [3.05, 3.63) is 23.2 Å². The maximum absolute atomic E-state index is 12.1. The monoisotopic (exact) mass is 237 g/mol. The summed E-state index contributed by atoms with van der Waals surface area (Å²) in [4.78, 5) is 12.1. The number of hydrogen-bond donors (Lipinski definition) is 1. The molecule has 0 unspecified atom stereocenters. The Bertz CT molecular complexity index is 454. The van der Waals surface area contributed by atoms with Crippen molar-refractivity contribution < 1.29 is 9.53 Å². The smallest absolute Gasteiger partial charge is 0.234 e. The SMILES string of the molecule is O=C1Nc2cc(Cl)ccc2OCC12CCC2. The van der Waals surface area contributed by atoms with Gasteiger partial charge in [0.2, 0.25) is 5.91 Å². The number of carbonyl (C=O) groups excluding carboxylic acids is 1. The molecule has 0 bridgehead atoms. The van der Waals surface area contributed by atoms with Crippen molar-refractivity contribution in [1.29, 1.82) is 0 Å². The van der Waals surface area contributed by atoms with Crippen molar-refractivity contribution in [2.24, 2.45) is 5.41 Å². The van der Waals surface area contributed by atoms with E-state index in [2.05, 4.69) is 5.32 Å². The molecule has 1 fully saturated rings. The number of hydrogen-bond acceptors (Lipinski definition) is 2. The molecule has 1 spiro atoms. The molecule has 1 N–H and O–H groups in total. The second-order valence-corrected chi connectivity index (χ2v) is 4.95. The van der Waals surface area contributed by atoms with Crippen LogP contribution in [0.25, 0.3) is 0 Å². The Morgan fingerprint density at radius 3 is 2.88 bits per heavy atom. The molecular weight excluding hydrogens is 226 g/mol. The molecule has 0 aromatic heterocycles. The average molecular weight is 238 g/mol. The van der Waals surface area contributed by atoms with E-state index in [0.29, 0.717) is 23.1 Å². The minimum Gasteiger partial charge on any atom is -0.490 e. The number of benzene rings is 1. The fourth-order valence-corrected chi connectivity index (χ4v) is 2.41. The van der Waals surface area contributed by atoms with Crippen LogP contribution in [0.15, 0.2) is 18.2 Å². The zero-order valence-electron chi connectivity index (χ0n) is 8.75. The van der Waals surface area contributed by atoms with E-state index in [1.807, 2.05) is 0 Å². The highest BCUT2D eigenvalue weighted by Crippen LogP contribution is 2.45. The Kier molecular flexibility index (Phi) is 2.11. The number of rotatable bonds is 0. The van der Waals surface area contributed by atoms with Gasteiger partial charge in [-0.1, -0.05) is 18.0 Å². The molecule has 1 aromatic carbocycles. The van der Waals surface area contributed by atoms with Crippen molar-refractivity contribution >= 4 is 23.2 Å². The zero-order chi connectivity index (χ0) is 11.2. The van der Waals surface area contributed by atoms with Crippen LogP contribution in [0.5, 0.6) is 5.75 Å². The highest BCUT2D eigenvalue weighted by molar-refractivity contribution is 6.31. The normalized spacial score (nSPS) is 21.4. The molecule has 1 heterocycles. The lowest BCUT2D eigenvalue weighted by atomic mass is 9.69. The van der Waals surface area contributed by atoms with Crippen LogP contribution in [0.2, 0.25) is 5.02 Å². The summed E-state index contributed by atoms with van der Waals surface area (Å²) in [6, 6.07) is 5.30. The first-order chi connectivity index (χ1) is 7.70. The Morgan fingerprint density at radius 2 is 2.19 bits per heavy atom. The van der Waals surface area contributed by atoms with Crippen molar-refractivity contribution in [2.45, 2.75) is 19.3 Å². The second-order valence-electron chi connectivity index (χ2n) is 4.52. The van der Waals surface area contributed by atoms with Crippen molar-refractivity contribution in [3.63, 3.8) is 0 Å². The molecular formula is C12H12ClNO2. The van der Waals surface area contributed by atoms with Crippen molar-refractivity contribution in [1.82, 2.24) is 0 Å². The lowest BCUT2D eigenvalue weighted by Crippen LogP contribution is -2.45. The third-order valence-corrected chi connectivity index (χ3v) is 3.72. The molecule has 3 nitrogen and oxygen atoms in total. The molecule has 3 rings (SSSR count). The van der Waals surface area contributed by atoms with E-state index in [4.69, 9.17) is 16.3 Å². The zero-order valence-corrected chi connectivity index (χ0v) is 9.51. The van der Waals surface area contributed by atoms with Crippen LogP contribution in [0.3, 0.4) is 0 Å². The summed E-state index contributed by atoms with van der Waals surface area (Å²) in [7, 11) is 0. The van der Waals surface area contributed by atoms with Gasteiger partial charge >= 0.3 is 0 Å². The van der Waals surface area contributed by atoms with Crippen molar-refractivity contribution in [3.8, 4) is 5.75 Å². The molecule has 1 aromatic rings. The van der Waals surface area contributed by atoms with Gasteiger partial charge in [0.1, 0.15) is 12.4 Å². The standard InChI is InChI=1S/C12H12ClNO2/c13-8-2-3-10-9(6-8)14-11(15)12(7-16-10)4-1-5-12/h2-3,6H,1,4-5,7H2,(H,14,15). The summed E-state index contributed by atoms with van der Waals surface area (Å²) in [5, 5.41) is 3.51. The summed E-state index contributed by atoms with van der Waals surface area (Å²) < 4.78 is 5.69. The van der Waals surface area contributed by atoms with Gasteiger partial charge in [-0.15, -0.1) is 0 Å². The molecule has 1 amide bonds. The molecule has 84 valence electrons. The summed E-state index contributed by atoms with van der Waals surface area (Å²) >= 11 is 5.89. The van der Waals surface area contributed by atoms with Crippen LogP contribution >= 0.6 is 11.6 Å². The minimum absolute atomic E-state index is 0.0692. The van der Waals surface area contributed by atoms with Gasteiger partial charge in [-0.05, 0) is 31.0 Å². The van der Waals surface area contributed by atoms with Crippen LogP contribution in [0.4, 0.5) is 5.69 Å². The van der Waals surface area contributed by atoms with E-state index in [-0.39, 0.29) is 11.3 Å². The highest BCUT2D eigenvalue weighted by Gasteiger charge is 2.46. The van der Waals surface area contributed by atoms with E-state index in [1.54, 1.807) is 18.2 Å². The lowest BCUT2D eigenvalue weighted by molar-refractivity contribution is -0.132. The highest BCUT2D eigenvalue weighted by atomic mass is 35.5. The fraction of sp³-hybridized carbons (Fsp3) is 0.417. The van der Waals surface area contributed by atoms with Crippen LogP contribution in [-0.4, -0.2) is 12.5 Å². The first-order valence-corrected chi connectivity index (χ1v) is 5.81. The van der Waals surface area contributed by atoms with Gasteiger partial charge in [0.25, 0.3) is 0 Å². The number of amides is 1. The average Bonchev–Trinajstić information content (AvgIpc) is 2.32. The Morgan fingerprint density at radius 1 is 1.38 bits per heavy atom. The summed E-state index contributed by atoms with van der Waals surface area (Å²) in [6.07, 6.45) is 2.94. The topological polar surface area (TPSA) is 38.3 Å². The number of carbonyl (C=O) groups is 1. The van der Waals surface area contributed by atoms with E-state index in [9.17, 15) is 4.79 Å². The second kappa shape index (κ2) is 3.39. The van der Waals surface area contributed by atoms with E-state index in [0.717, 1.165) is 19.3 Å².